The molecule has 3 fully saturated rings. The van der Waals surface area contributed by atoms with Crippen LogP contribution in [0, 0.1) is 12.3 Å². The number of carbonyl (C=O) groups is 2. The number of hydrogen-bond donors (Lipinski definition) is 2. The summed E-state index contributed by atoms with van der Waals surface area (Å²) in [5.41, 5.74) is 1.06. The van der Waals surface area contributed by atoms with Crippen molar-refractivity contribution in [3.8, 4) is 0 Å². The number of nitrogens with zero attached hydrogens (tertiary/aromatic N) is 3. The van der Waals surface area contributed by atoms with Crippen molar-refractivity contribution in [2.45, 2.75) is 45.1 Å². The molecule has 1 atom stereocenters. The van der Waals surface area contributed by atoms with Crippen molar-refractivity contribution in [1.82, 2.24) is 9.88 Å². The lowest BCUT2D eigenvalue weighted by Gasteiger charge is -2.41. The van der Waals surface area contributed by atoms with Gasteiger partial charge in [-0.1, -0.05) is 0 Å². The predicted octanol–water partition coefficient (Wildman–Crippen LogP) is 2.48. The Morgan fingerprint density at radius 2 is 2.11 bits per heavy atom. The Morgan fingerprint density at radius 1 is 1.32 bits per heavy atom. The molecule has 8 nitrogen and oxygen atoms in total. The third-order valence-electron chi connectivity index (χ3n) is 6.36. The quantitative estimate of drug-likeness (QED) is 0.826. The molecule has 1 aromatic rings. The van der Waals surface area contributed by atoms with Crippen molar-refractivity contribution in [3.63, 3.8) is 0 Å². The maximum absolute atomic E-state index is 13.4. The standard InChI is InChI=1S/C20H28N4O4/c1-14-11-15(22-19(26)27)12-21-17(14)23-7-2-5-20(13-23)6-8-24(18(20)25)16-3-9-28-10-4-16/h11-12,16,22H,2-10,13H2,1H3,(H,26,27)/t20-/m0/s1. The molecule has 0 aromatic carbocycles. The number of anilines is 2. The van der Waals surface area contributed by atoms with Crippen LogP contribution >= 0.6 is 0 Å². The van der Waals surface area contributed by atoms with E-state index < -0.39 is 6.09 Å². The lowest BCUT2D eigenvalue weighted by atomic mass is 9.78. The fourth-order valence-corrected chi connectivity index (χ4v) is 4.97. The molecule has 1 spiro atoms. The average Bonchev–Trinajstić information content (AvgIpc) is 2.98. The van der Waals surface area contributed by atoms with Gasteiger partial charge in [0.15, 0.2) is 0 Å². The largest absolute Gasteiger partial charge is 0.465 e. The van der Waals surface area contributed by atoms with Crippen molar-refractivity contribution in [3.05, 3.63) is 17.8 Å². The second-order valence-corrected chi connectivity index (χ2v) is 8.19. The van der Waals surface area contributed by atoms with Crippen LogP contribution in [0.25, 0.3) is 0 Å². The van der Waals surface area contributed by atoms with Gasteiger partial charge in [-0.2, -0.15) is 0 Å². The highest BCUT2D eigenvalue weighted by molar-refractivity contribution is 5.86. The van der Waals surface area contributed by atoms with Crippen LogP contribution in [0.5, 0.6) is 0 Å². The zero-order valence-electron chi connectivity index (χ0n) is 16.3. The molecule has 4 rings (SSSR count). The number of rotatable bonds is 3. The molecule has 3 aliphatic rings. The van der Waals surface area contributed by atoms with E-state index in [1.54, 1.807) is 12.3 Å². The zero-order chi connectivity index (χ0) is 19.7. The highest BCUT2D eigenvalue weighted by Crippen LogP contribution is 2.43. The number of likely N-dealkylation sites (tertiary alicyclic amines) is 1. The zero-order valence-corrected chi connectivity index (χ0v) is 16.3. The first-order valence-corrected chi connectivity index (χ1v) is 10.1. The number of carbonyl (C=O) groups excluding carboxylic acids is 1. The van der Waals surface area contributed by atoms with Crippen molar-refractivity contribution in [2.24, 2.45) is 5.41 Å². The van der Waals surface area contributed by atoms with Gasteiger partial charge in [0, 0.05) is 38.9 Å². The number of piperidine rings is 1. The van der Waals surface area contributed by atoms with Crippen LogP contribution in [0.2, 0.25) is 0 Å². The number of carboxylic acid groups (broad SMARTS) is 1. The first kappa shape index (κ1) is 19.0. The van der Waals surface area contributed by atoms with Crippen molar-refractivity contribution < 1.29 is 19.4 Å². The minimum Gasteiger partial charge on any atom is -0.465 e. The first-order valence-electron chi connectivity index (χ1n) is 10.1. The van der Waals surface area contributed by atoms with Gasteiger partial charge in [-0.15, -0.1) is 0 Å². The van der Waals surface area contributed by atoms with Crippen LogP contribution in [-0.4, -0.2) is 65.9 Å². The van der Waals surface area contributed by atoms with Gasteiger partial charge in [0.2, 0.25) is 5.91 Å². The maximum atomic E-state index is 13.4. The summed E-state index contributed by atoms with van der Waals surface area (Å²) in [7, 11) is 0. The Bertz CT molecular complexity index is 765. The van der Waals surface area contributed by atoms with Crippen LogP contribution in [0.1, 0.15) is 37.7 Å². The Balaban J connectivity index is 1.50. The summed E-state index contributed by atoms with van der Waals surface area (Å²) in [6.07, 6.45) is 5.10. The van der Waals surface area contributed by atoms with Gasteiger partial charge in [0.1, 0.15) is 5.82 Å². The third-order valence-corrected chi connectivity index (χ3v) is 6.36. The number of nitrogens with one attached hydrogen (secondary N) is 1. The van der Waals surface area contributed by atoms with Crippen LogP contribution in [0.15, 0.2) is 12.3 Å². The summed E-state index contributed by atoms with van der Waals surface area (Å²) >= 11 is 0. The lowest BCUT2D eigenvalue weighted by Crippen LogP contribution is -2.50. The molecule has 3 aliphatic heterocycles. The number of aromatic nitrogens is 1. The second-order valence-electron chi connectivity index (χ2n) is 8.19. The van der Waals surface area contributed by atoms with Crippen LogP contribution in [0.4, 0.5) is 16.3 Å². The Kier molecular flexibility index (Phi) is 5.14. The molecule has 0 radical (unpaired) electrons. The summed E-state index contributed by atoms with van der Waals surface area (Å²) < 4.78 is 5.46. The molecule has 152 valence electrons. The number of aryl methyl sites for hydroxylation is 1. The van der Waals surface area contributed by atoms with Crippen molar-refractivity contribution >= 4 is 23.5 Å². The SMILES string of the molecule is Cc1cc(NC(=O)O)cnc1N1CCC[C@]2(CCN(C3CCOCC3)C2=O)C1. The second kappa shape index (κ2) is 7.58. The minimum absolute atomic E-state index is 0.297. The maximum Gasteiger partial charge on any atom is 0.409 e. The first-order chi connectivity index (χ1) is 13.5. The van der Waals surface area contributed by atoms with Crippen LogP contribution in [-0.2, 0) is 9.53 Å². The van der Waals surface area contributed by atoms with Crippen LogP contribution in [0.3, 0.4) is 0 Å². The van der Waals surface area contributed by atoms with E-state index in [1.165, 1.54) is 0 Å². The topological polar surface area (TPSA) is 95.0 Å². The molecule has 4 heterocycles. The molecule has 2 amide bonds. The summed E-state index contributed by atoms with van der Waals surface area (Å²) in [6, 6.07) is 2.11. The summed E-state index contributed by atoms with van der Waals surface area (Å²) in [5.74, 6) is 1.14. The van der Waals surface area contributed by atoms with Gasteiger partial charge < -0.3 is 19.6 Å². The van der Waals surface area contributed by atoms with Gasteiger partial charge >= 0.3 is 6.09 Å². The highest BCUT2D eigenvalue weighted by atomic mass is 16.5. The third kappa shape index (κ3) is 3.53. The van der Waals surface area contributed by atoms with E-state index in [2.05, 4.69) is 20.1 Å². The Morgan fingerprint density at radius 3 is 2.82 bits per heavy atom. The van der Waals surface area contributed by atoms with Gasteiger partial charge in [-0.3, -0.25) is 10.1 Å². The van der Waals surface area contributed by atoms with Gasteiger partial charge in [-0.05, 0) is 50.7 Å². The Hall–Kier alpha value is -2.35. The molecule has 0 saturated carbocycles. The lowest BCUT2D eigenvalue weighted by molar-refractivity contribution is -0.139. The van der Waals surface area contributed by atoms with E-state index in [4.69, 9.17) is 9.84 Å². The summed E-state index contributed by atoms with van der Waals surface area (Å²) in [5, 5.41) is 11.2. The molecule has 0 aliphatic carbocycles. The van der Waals surface area contributed by atoms with Crippen molar-refractivity contribution in [1.29, 1.82) is 0 Å². The molecule has 1 aromatic heterocycles. The van der Waals surface area contributed by atoms with Crippen molar-refractivity contribution in [2.75, 3.05) is 43.1 Å². The predicted molar refractivity (Wildman–Crippen MR) is 105 cm³/mol. The fourth-order valence-electron chi connectivity index (χ4n) is 4.97. The van der Waals surface area contributed by atoms with E-state index in [-0.39, 0.29) is 5.41 Å². The number of hydrogen-bond acceptors (Lipinski definition) is 5. The van der Waals surface area contributed by atoms with Gasteiger partial charge in [-0.25, -0.2) is 9.78 Å². The number of ether oxygens (including phenoxy) is 1. The molecule has 8 heteroatoms. The molecular weight excluding hydrogens is 360 g/mol. The van der Waals surface area contributed by atoms with Gasteiger partial charge in [0.05, 0.1) is 17.3 Å². The molecule has 28 heavy (non-hydrogen) atoms. The van der Waals surface area contributed by atoms with E-state index in [0.717, 1.165) is 69.8 Å². The fraction of sp³-hybridized carbons (Fsp3) is 0.650. The molecule has 2 N–H and O–H groups in total. The number of amides is 2. The van der Waals surface area contributed by atoms with E-state index in [1.807, 2.05) is 6.92 Å². The van der Waals surface area contributed by atoms with E-state index in [0.29, 0.717) is 24.2 Å². The highest BCUT2D eigenvalue weighted by Gasteiger charge is 2.50. The van der Waals surface area contributed by atoms with E-state index in [9.17, 15) is 9.59 Å². The number of pyridine rings is 1. The monoisotopic (exact) mass is 388 g/mol. The van der Waals surface area contributed by atoms with E-state index >= 15 is 0 Å². The normalized spacial score (nSPS) is 26.1. The molecular formula is C20H28N4O4. The summed E-state index contributed by atoms with van der Waals surface area (Å²) in [6.45, 7) is 5.81. The van der Waals surface area contributed by atoms with Crippen LogP contribution < -0.4 is 10.2 Å². The molecule has 0 bridgehead atoms. The molecule has 0 unspecified atom stereocenters. The van der Waals surface area contributed by atoms with Gasteiger partial charge in [0.25, 0.3) is 0 Å². The summed E-state index contributed by atoms with van der Waals surface area (Å²) in [4.78, 5) is 33.0. The smallest absolute Gasteiger partial charge is 0.409 e. The minimum atomic E-state index is -1.10. The Labute approximate surface area is 164 Å². The average molecular weight is 388 g/mol. The molecule has 3 saturated heterocycles.